The van der Waals surface area contributed by atoms with Crippen molar-refractivity contribution in [3.8, 4) is 0 Å². The fourth-order valence-corrected chi connectivity index (χ4v) is 3.18. The minimum Gasteiger partial charge on any atom is -0.396 e. The summed E-state index contributed by atoms with van der Waals surface area (Å²) in [5.74, 6) is 0. The zero-order chi connectivity index (χ0) is 14.5. The molecule has 0 spiro atoms. The molecule has 20 heavy (non-hydrogen) atoms. The van der Waals surface area contributed by atoms with Crippen LogP contribution in [0.4, 0.5) is 5.69 Å². The summed E-state index contributed by atoms with van der Waals surface area (Å²) in [7, 11) is 0. The van der Waals surface area contributed by atoms with Crippen molar-refractivity contribution < 1.29 is 10.0 Å². The number of likely N-dealkylation sites (tertiary alicyclic amines) is 1. The third-order valence-electron chi connectivity index (χ3n) is 3.79. The topological polar surface area (TPSA) is 66.6 Å². The molecular weight excluding hydrogens is 324 g/mol. The molecule has 1 aliphatic heterocycles. The highest BCUT2D eigenvalue weighted by molar-refractivity contribution is 9.10. The van der Waals surface area contributed by atoms with E-state index >= 15 is 0 Å². The lowest BCUT2D eigenvalue weighted by molar-refractivity contribution is -0.385. The molecule has 1 atom stereocenters. The van der Waals surface area contributed by atoms with E-state index in [1.807, 2.05) is 6.07 Å². The van der Waals surface area contributed by atoms with Gasteiger partial charge in [0.15, 0.2) is 0 Å². The Bertz CT molecular complexity index is 481. The number of rotatable bonds is 6. The summed E-state index contributed by atoms with van der Waals surface area (Å²) >= 11 is 3.21. The quantitative estimate of drug-likeness (QED) is 0.637. The van der Waals surface area contributed by atoms with Crippen LogP contribution in [0.25, 0.3) is 0 Å². The minimum absolute atomic E-state index is 0.119. The Kier molecular flexibility index (Phi) is 5.51. The van der Waals surface area contributed by atoms with Crippen molar-refractivity contribution in [2.75, 3.05) is 13.2 Å². The molecule has 1 saturated heterocycles. The van der Waals surface area contributed by atoms with E-state index < -0.39 is 0 Å². The summed E-state index contributed by atoms with van der Waals surface area (Å²) in [4.78, 5) is 13.0. The average molecular weight is 343 g/mol. The third-order valence-corrected chi connectivity index (χ3v) is 4.46. The number of halogens is 1. The molecule has 110 valence electrons. The molecule has 1 heterocycles. The van der Waals surface area contributed by atoms with Crippen molar-refractivity contribution in [3.05, 3.63) is 38.3 Å². The van der Waals surface area contributed by atoms with Crippen LogP contribution in [0.15, 0.2) is 22.7 Å². The van der Waals surface area contributed by atoms with Crippen molar-refractivity contribution in [1.82, 2.24) is 4.90 Å². The van der Waals surface area contributed by atoms with Crippen LogP contribution in [0.3, 0.4) is 0 Å². The highest BCUT2D eigenvalue weighted by atomic mass is 79.9. The summed E-state index contributed by atoms with van der Waals surface area (Å²) in [5.41, 5.74) is 1.09. The van der Waals surface area contributed by atoms with Gasteiger partial charge in [-0.25, -0.2) is 0 Å². The maximum atomic E-state index is 11.0. The van der Waals surface area contributed by atoms with E-state index in [0.717, 1.165) is 44.3 Å². The predicted molar refractivity (Wildman–Crippen MR) is 80.5 cm³/mol. The van der Waals surface area contributed by atoms with Crippen LogP contribution in [0.5, 0.6) is 0 Å². The summed E-state index contributed by atoms with van der Waals surface area (Å²) < 4.78 is 0.518. The van der Waals surface area contributed by atoms with E-state index in [-0.39, 0.29) is 17.2 Å². The van der Waals surface area contributed by atoms with E-state index in [9.17, 15) is 10.1 Å². The number of aliphatic hydroxyl groups excluding tert-OH is 1. The first-order valence-electron chi connectivity index (χ1n) is 6.89. The normalized spacial score (nSPS) is 19.4. The number of nitrogens with zero attached hydrogens (tertiary/aromatic N) is 2. The number of benzene rings is 1. The number of nitro benzene ring substituents is 1. The van der Waals surface area contributed by atoms with Gasteiger partial charge in [-0.15, -0.1) is 0 Å². The second-order valence-electron chi connectivity index (χ2n) is 5.18. The van der Waals surface area contributed by atoms with E-state index in [2.05, 4.69) is 20.8 Å². The molecule has 0 amide bonds. The van der Waals surface area contributed by atoms with Gasteiger partial charge in [-0.05, 0) is 59.8 Å². The predicted octanol–water partition coefficient (Wildman–Crippen LogP) is 3.09. The Hall–Kier alpha value is -0.980. The molecule has 0 radical (unpaired) electrons. The molecule has 6 heteroatoms. The molecule has 5 nitrogen and oxygen atoms in total. The van der Waals surface area contributed by atoms with Crippen molar-refractivity contribution in [2.45, 2.75) is 38.3 Å². The first-order chi connectivity index (χ1) is 9.61. The maximum Gasteiger partial charge on any atom is 0.283 e. The molecule has 1 aromatic rings. The highest BCUT2D eigenvalue weighted by Crippen LogP contribution is 2.28. The molecule has 1 aromatic carbocycles. The van der Waals surface area contributed by atoms with Crippen LogP contribution in [0.2, 0.25) is 0 Å². The van der Waals surface area contributed by atoms with Crippen LogP contribution in [0, 0.1) is 10.1 Å². The Labute approximate surface area is 126 Å². The van der Waals surface area contributed by atoms with E-state index in [4.69, 9.17) is 5.11 Å². The number of aliphatic hydroxyl groups is 1. The minimum atomic E-state index is -0.360. The van der Waals surface area contributed by atoms with Gasteiger partial charge in [0.05, 0.1) is 9.40 Å². The molecule has 1 unspecified atom stereocenters. The van der Waals surface area contributed by atoms with Crippen molar-refractivity contribution in [3.63, 3.8) is 0 Å². The largest absolute Gasteiger partial charge is 0.396 e. The average Bonchev–Trinajstić information content (AvgIpc) is 2.85. The number of hydrogen-bond donors (Lipinski definition) is 1. The van der Waals surface area contributed by atoms with Crippen molar-refractivity contribution >= 4 is 21.6 Å². The third kappa shape index (κ3) is 3.77. The first kappa shape index (κ1) is 15.4. The van der Waals surface area contributed by atoms with Gasteiger partial charge < -0.3 is 5.11 Å². The summed E-state index contributed by atoms with van der Waals surface area (Å²) in [6.45, 7) is 2.00. The number of nitro groups is 1. The SMILES string of the molecule is O=[N+]([O-])c1cc(CN2CCCC2CCCO)ccc1Br. The maximum absolute atomic E-state index is 11.0. The molecule has 1 fully saturated rings. The number of hydrogen-bond acceptors (Lipinski definition) is 4. The highest BCUT2D eigenvalue weighted by Gasteiger charge is 2.24. The van der Waals surface area contributed by atoms with Crippen molar-refractivity contribution in [1.29, 1.82) is 0 Å². The molecular formula is C14H19BrN2O3. The molecule has 0 bridgehead atoms. The summed E-state index contributed by atoms with van der Waals surface area (Å²) in [6.07, 6.45) is 4.13. The van der Waals surface area contributed by atoms with Gasteiger partial charge in [0.2, 0.25) is 0 Å². The Balaban J connectivity index is 2.05. The van der Waals surface area contributed by atoms with Gasteiger partial charge in [0.1, 0.15) is 0 Å². The Morgan fingerprint density at radius 3 is 3.00 bits per heavy atom. The molecule has 1 N–H and O–H groups in total. The second kappa shape index (κ2) is 7.15. The van der Waals surface area contributed by atoms with Crippen LogP contribution in [-0.4, -0.2) is 34.1 Å². The van der Waals surface area contributed by atoms with Crippen LogP contribution in [-0.2, 0) is 6.54 Å². The monoisotopic (exact) mass is 342 g/mol. The Morgan fingerprint density at radius 2 is 2.30 bits per heavy atom. The molecule has 0 aliphatic carbocycles. The van der Waals surface area contributed by atoms with Gasteiger partial charge in [-0.1, -0.05) is 6.07 Å². The van der Waals surface area contributed by atoms with Crippen LogP contribution in [0.1, 0.15) is 31.2 Å². The molecule has 0 aromatic heterocycles. The van der Waals surface area contributed by atoms with Gasteiger partial charge >= 0.3 is 0 Å². The van der Waals surface area contributed by atoms with Crippen LogP contribution >= 0.6 is 15.9 Å². The Morgan fingerprint density at radius 1 is 1.50 bits per heavy atom. The molecule has 0 saturated carbocycles. The molecule has 1 aliphatic rings. The zero-order valence-electron chi connectivity index (χ0n) is 11.3. The fraction of sp³-hybridized carbons (Fsp3) is 0.571. The van der Waals surface area contributed by atoms with Gasteiger partial charge in [0, 0.05) is 25.3 Å². The lowest BCUT2D eigenvalue weighted by Gasteiger charge is -2.24. The first-order valence-corrected chi connectivity index (χ1v) is 7.69. The summed E-state index contributed by atoms with van der Waals surface area (Å²) in [6, 6.07) is 5.81. The molecule has 2 rings (SSSR count). The standard InChI is InChI=1S/C14H19BrN2O3/c15-13-6-5-11(9-14(13)17(19)20)10-16-7-1-3-12(16)4-2-8-18/h5-6,9,12,18H,1-4,7-8,10H2. The fourth-order valence-electron chi connectivity index (χ4n) is 2.79. The van der Waals surface area contributed by atoms with Crippen molar-refractivity contribution in [2.24, 2.45) is 0 Å². The summed E-state index contributed by atoms with van der Waals surface area (Å²) in [5, 5.41) is 19.9. The van der Waals surface area contributed by atoms with Gasteiger partial charge in [-0.3, -0.25) is 15.0 Å². The lowest BCUT2D eigenvalue weighted by Crippen LogP contribution is -2.29. The van der Waals surface area contributed by atoms with E-state index in [0.29, 0.717) is 10.5 Å². The van der Waals surface area contributed by atoms with E-state index in [1.54, 1.807) is 12.1 Å². The van der Waals surface area contributed by atoms with Gasteiger partial charge in [-0.2, -0.15) is 0 Å². The van der Waals surface area contributed by atoms with E-state index in [1.165, 1.54) is 0 Å². The van der Waals surface area contributed by atoms with Crippen LogP contribution < -0.4 is 0 Å². The lowest BCUT2D eigenvalue weighted by atomic mass is 10.1. The van der Waals surface area contributed by atoms with Gasteiger partial charge in [0.25, 0.3) is 5.69 Å². The second-order valence-corrected chi connectivity index (χ2v) is 6.03. The smallest absolute Gasteiger partial charge is 0.283 e. The zero-order valence-corrected chi connectivity index (χ0v) is 12.9.